The number of halogens is 4. The van der Waals surface area contributed by atoms with Gasteiger partial charge in [0.25, 0.3) is 0 Å². The molecule has 0 spiro atoms. The number of carbonyl (C=O) groups is 1. The van der Waals surface area contributed by atoms with Crippen LogP contribution in [0.15, 0.2) is 47.0 Å². The zero-order valence-corrected chi connectivity index (χ0v) is 26.9. The summed E-state index contributed by atoms with van der Waals surface area (Å²) < 4.78 is 73.6. The third-order valence-electron chi connectivity index (χ3n) is 10.2. The number of ketones is 1. The van der Waals surface area contributed by atoms with E-state index < -0.39 is 35.3 Å². The predicted octanol–water partition coefficient (Wildman–Crippen LogP) is 8.40. The molecule has 2 bridgehead atoms. The number of furan rings is 1. The van der Waals surface area contributed by atoms with Gasteiger partial charge in [-0.05, 0) is 93.5 Å². The topological polar surface area (TPSA) is 98.3 Å². The van der Waals surface area contributed by atoms with E-state index in [0.717, 1.165) is 43.1 Å². The van der Waals surface area contributed by atoms with E-state index in [1.807, 2.05) is 12.1 Å². The van der Waals surface area contributed by atoms with Crippen LogP contribution in [0, 0.1) is 24.1 Å². The summed E-state index contributed by atoms with van der Waals surface area (Å²) in [6.07, 6.45) is 3.54. The van der Waals surface area contributed by atoms with E-state index in [4.69, 9.17) is 24.3 Å². The van der Waals surface area contributed by atoms with Crippen LogP contribution in [0.3, 0.4) is 0 Å². The van der Waals surface area contributed by atoms with Crippen molar-refractivity contribution in [1.82, 2.24) is 9.97 Å². The van der Waals surface area contributed by atoms with Crippen molar-refractivity contribution in [3.63, 3.8) is 0 Å². The van der Waals surface area contributed by atoms with Gasteiger partial charge in [0.05, 0.1) is 41.7 Å². The first-order valence-electron chi connectivity index (χ1n) is 16.6. The van der Waals surface area contributed by atoms with Crippen LogP contribution < -0.4 is 4.74 Å². The first-order chi connectivity index (χ1) is 22.9. The highest BCUT2D eigenvalue weighted by molar-refractivity contribution is 6.45. The lowest BCUT2D eigenvalue weighted by atomic mass is 9.93. The van der Waals surface area contributed by atoms with Crippen molar-refractivity contribution in [1.29, 1.82) is 5.41 Å². The lowest BCUT2D eigenvalue weighted by Gasteiger charge is -2.28. The maximum absolute atomic E-state index is 15.3. The fourth-order valence-electron chi connectivity index (χ4n) is 7.19. The van der Waals surface area contributed by atoms with Gasteiger partial charge in [-0.2, -0.15) is 13.2 Å². The molecule has 1 aliphatic carbocycles. The van der Waals surface area contributed by atoms with Gasteiger partial charge in [0.15, 0.2) is 5.78 Å². The molecule has 1 saturated carbocycles. The molecule has 7 nitrogen and oxygen atoms in total. The average Bonchev–Trinajstić information content (AvgIpc) is 3.70. The summed E-state index contributed by atoms with van der Waals surface area (Å²) in [5, 5.41) is 8.35. The highest BCUT2D eigenvalue weighted by Gasteiger charge is 2.66. The number of rotatable bonds is 11. The quantitative estimate of drug-likeness (QED) is 0.128. The summed E-state index contributed by atoms with van der Waals surface area (Å²) in [6, 6.07) is 9.34. The lowest BCUT2D eigenvalue weighted by molar-refractivity contribution is -0.164. The number of ether oxygens (including phenoxy) is 2. The Morgan fingerprint density at radius 3 is 2.48 bits per heavy atom. The number of aromatic nitrogens is 2. The normalized spacial score (nSPS) is 21.4. The molecule has 2 aliphatic heterocycles. The fraction of sp³-hybridized carbons (Fsp3) is 0.459. The number of carbonyl (C=O) groups excluding carboxylic acids is 1. The Balaban J connectivity index is 1.02. The third kappa shape index (κ3) is 6.13. The zero-order chi connectivity index (χ0) is 33.8. The van der Waals surface area contributed by atoms with E-state index in [2.05, 4.69) is 11.9 Å². The number of Topliss-reactive ketones (excluding diaryl/α,β-unsaturated/α-hetero) is 1. The third-order valence-corrected chi connectivity index (χ3v) is 10.2. The molecule has 4 aromatic rings. The molecule has 0 amide bonds. The molecule has 0 radical (unpaired) electrons. The SMILES string of the molecule is CCc1cc2nc(-c3ccc(CC(=O)C(=N)c4cc(C5(C(F)(F)F)CC5)oc4C)c(F)c3)cnc2cc1OCCC1CC2CCC(C1)O2. The molecule has 3 fully saturated rings. The Morgan fingerprint density at radius 2 is 1.81 bits per heavy atom. The minimum Gasteiger partial charge on any atom is -0.493 e. The highest BCUT2D eigenvalue weighted by atomic mass is 19.4. The Bertz CT molecular complexity index is 1890. The van der Waals surface area contributed by atoms with E-state index in [-0.39, 0.29) is 35.5 Å². The minimum atomic E-state index is -4.49. The summed E-state index contributed by atoms with van der Waals surface area (Å²) in [6.45, 7) is 4.10. The van der Waals surface area contributed by atoms with Gasteiger partial charge in [-0.3, -0.25) is 15.2 Å². The molecule has 252 valence electrons. The second-order valence-electron chi connectivity index (χ2n) is 13.4. The summed E-state index contributed by atoms with van der Waals surface area (Å²) in [7, 11) is 0. The van der Waals surface area contributed by atoms with Gasteiger partial charge < -0.3 is 13.9 Å². The van der Waals surface area contributed by atoms with Crippen LogP contribution in [-0.4, -0.2) is 46.5 Å². The first kappa shape index (κ1) is 32.4. The summed E-state index contributed by atoms with van der Waals surface area (Å²) in [5.41, 5.74) is 0.707. The number of nitrogens with one attached hydrogen (secondary N) is 1. The molecule has 7 rings (SSSR count). The largest absolute Gasteiger partial charge is 0.493 e. The summed E-state index contributed by atoms with van der Waals surface area (Å²) in [4.78, 5) is 22.3. The smallest absolute Gasteiger partial charge is 0.401 e. The number of aryl methyl sites for hydroxylation is 2. The summed E-state index contributed by atoms with van der Waals surface area (Å²) >= 11 is 0. The molecule has 2 atom stereocenters. The van der Waals surface area contributed by atoms with Crippen molar-refractivity contribution in [2.45, 2.75) is 95.4 Å². The molecule has 4 heterocycles. The van der Waals surface area contributed by atoms with Crippen LogP contribution in [0.1, 0.15) is 80.1 Å². The predicted molar refractivity (Wildman–Crippen MR) is 171 cm³/mol. The van der Waals surface area contributed by atoms with E-state index in [1.54, 1.807) is 12.3 Å². The van der Waals surface area contributed by atoms with Gasteiger partial charge in [0.1, 0.15) is 34.2 Å². The van der Waals surface area contributed by atoms with Crippen LogP contribution in [0.4, 0.5) is 17.6 Å². The number of benzene rings is 2. The number of nitrogens with zero attached hydrogens (tertiary/aromatic N) is 2. The maximum Gasteiger partial charge on any atom is 0.401 e. The Labute approximate surface area is 275 Å². The van der Waals surface area contributed by atoms with Gasteiger partial charge in [-0.25, -0.2) is 9.37 Å². The van der Waals surface area contributed by atoms with Crippen molar-refractivity contribution in [3.05, 3.63) is 76.6 Å². The Hall–Kier alpha value is -4.12. The number of hydrogen-bond acceptors (Lipinski definition) is 7. The van der Waals surface area contributed by atoms with Gasteiger partial charge in [-0.1, -0.05) is 19.1 Å². The van der Waals surface area contributed by atoms with Crippen LogP contribution >= 0.6 is 0 Å². The van der Waals surface area contributed by atoms with Gasteiger partial charge >= 0.3 is 6.18 Å². The van der Waals surface area contributed by atoms with Crippen molar-refractivity contribution in [2.24, 2.45) is 5.92 Å². The van der Waals surface area contributed by atoms with Gasteiger partial charge in [0.2, 0.25) is 0 Å². The monoisotopic (exact) mass is 663 g/mol. The maximum atomic E-state index is 15.3. The van der Waals surface area contributed by atoms with Crippen LogP contribution in [-0.2, 0) is 27.8 Å². The minimum absolute atomic E-state index is 0.0139. The molecule has 48 heavy (non-hydrogen) atoms. The number of alkyl halides is 3. The molecular formula is C37H37F4N3O4. The summed E-state index contributed by atoms with van der Waals surface area (Å²) in [5.74, 6) is -0.220. The first-order valence-corrected chi connectivity index (χ1v) is 16.6. The van der Waals surface area contributed by atoms with E-state index in [9.17, 15) is 18.0 Å². The molecule has 2 aromatic heterocycles. The molecule has 1 N–H and O–H groups in total. The lowest BCUT2D eigenvalue weighted by Crippen LogP contribution is -2.28. The van der Waals surface area contributed by atoms with Crippen LogP contribution in [0.2, 0.25) is 0 Å². The van der Waals surface area contributed by atoms with E-state index >= 15 is 4.39 Å². The average molecular weight is 664 g/mol. The second kappa shape index (κ2) is 12.4. The van der Waals surface area contributed by atoms with Crippen molar-refractivity contribution in [2.75, 3.05) is 6.61 Å². The second-order valence-corrected chi connectivity index (χ2v) is 13.4. The molecular weight excluding hydrogens is 626 g/mol. The van der Waals surface area contributed by atoms with Gasteiger partial charge in [0, 0.05) is 23.6 Å². The van der Waals surface area contributed by atoms with Crippen molar-refractivity contribution >= 4 is 22.5 Å². The Morgan fingerprint density at radius 1 is 1.06 bits per heavy atom. The van der Waals surface area contributed by atoms with Crippen molar-refractivity contribution in [3.8, 4) is 17.0 Å². The van der Waals surface area contributed by atoms with Crippen LogP contribution in [0.25, 0.3) is 22.3 Å². The fourth-order valence-corrected chi connectivity index (χ4v) is 7.19. The molecule has 3 aliphatic rings. The standard InChI is InChI=1S/C37H37F4N3O4/c1-3-22-15-30-29(18-33(22)46-11-8-21-12-25-6-7-26(13-21)48-25)43-19-31(44-30)24-5-4-23(28(38)14-24)16-32(45)35(42)27-17-34(47-20(27)2)36(9-10-36)37(39,40)41/h4-5,14-15,17-19,21,25-26,42H,3,6-13,16H2,1-2H3. The van der Waals surface area contributed by atoms with Crippen molar-refractivity contribution < 1.29 is 36.2 Å². The van der Waals surface area contributed by atoms with E-state index in [1.165, 1.54) is 31.9 Å². The zero-order valence-electron chi connectivity index (χ0n) is 26.9. The molecule has 11 heteroatoms. The molecule has 2 unspecified atom stereocenters. The molecule has 2 saturated heterocycles. The van der Waals surface area contributed by atoms with E-state index in [0.29, 0.717) is 47.0 Å². The molecule has 2 aromatic carbocycles. The van der Waals surface area contributed by atoms with Crippen LogP contribution in [0.5, 0.6) is 5.75 Å². The van der Waals surface area contributed by atoms with Gasteiger partial charge in [-0.15, -0.1) is 0 Å². The highest BCUT2D eigenvalue weighted by Crippen LogP contribution is 2.59. The Kier molecular flexibility index (Phi) is 8.38. The number of fused-ring (bicyclic) bond motifs is 3. The number of hydrogen-bond donors (Lipinski definition) is 1.